The van der Waals surface area contributed by atoms with Crippen molar-refractivity contribution in [3.63, 3.8) is 0 Å². The van der Waals surface area contributed by atoms with E-state index in [0.29, 0.717) is 24.5 Å². The van der Waals surface area contributed by atoms with E-state index in [2.05, 4.69) is 16.0 Å². The SMILES string of the molecule is CCNC(=O)NC(=O)C(C)OC(=O)c1ccccc1NCc1ccco1. The van der Waals surface area contributed by atoms with Crippen LogP contribution < -0.4 is 16.0 Å². The van der Waals surface area contributed by atoms with Crippen LogP contribution in [-0.2, 0) is 16.1 Å². The molecular formula is C18H21N3O5. The molecule has 26 heavy (non-hydrogen) atoms. The number of anilines is 1. The number of carbonyl (C=O) groups excluding carboxylic acids is 3. The van der Waals surface area contributed by atoms with E-state index in [1.807, 2.05) is 6.07 Å². The average molecular weight is 359 g/mol. The normalized spacial score (nSPS) is 11.3. The highest BCUT2D eigenvalue weighted by Gasteiger charge is 2.22. The summed E-state index contributed by atoms with van der Waals surface area (Å²) >= 11 is 0. The molecule has 0 aliphatic rings. The lowest BCUT2D eigenvalue weighted by Gasteiger charge is -2.15. The van der Waals surface area contributed by atoms with Crippen LogP contribution in [0, 0.1) is 0 Å². The van der Waals surface area contributed by atoms with Crippen molar-refractivity contribution in [2.45, 2.75) is 26.5 Å². The molecule has 0 bridgehead atoms. The van der Waals surface area contributed by atoms with Crippen LogP contribution in [0.1, 0.15) is 30.0 Å². The first-order chi connectivity index (χ1) is 12.5. The third-order valence-electron chi connectivity index (χ3n) is 3.41. The zero-order chi connectivity index (χ0) is 18.9. The fraction of sp³-hybridized carbons (Fsp3) is 0.278. The maximum atomic E-state index is 12.4. The largest absolute Gasteiger partial charge is 0.467 e. The Morgan fingerprint density at radius 2 is 1.92 bits per heavy atom. The van der Waals surface area contributed by atoms with Gasteiger partial charge in [0, 0.05) is 12.2 Å². The van der Waals surface area contributed by atoms with Crippen LogP contribution in [0.3, 0.4) is 0 Å². The van der Waals surface area contributed by atoms with Crippen LogP contribution in [0.15, 0.2) is 47.1 Å². The van der Waals surface area contributed by atoms with E-state index in [4.69, 9.17) is 9.15 Å². The van der Waals surface area contributed by atoms with E-state index in [1.54, 1.807) is 43.5 Å². The van der Waals surface area contributed by atoms with Gasteiger partial charge in [-0.05, 0) is 38.1 Å². The van der Waals surface area contributed by atoms with E-state index >= 15 is 0 Å². The highest BCUT2D eigenvalue weighted by Crippen LogP contribution is 2.18. The Morgan fingerprint density at radius 1 is 1.15 bits per heavy atom. The lowest BCUT2D eigenvalue weighted by atomic mass is 10.1. The molecule has 1 atom stereocenters. The van der Waals surface area contributed by atoms with Gasteiger partial charge in [0.05, 0.1) is 18.4 Å². The van der Waals surface area contributed by atoms with Crippen LogP contribution in [0.5, 0.6) is 0 Å². The molecule has 1 heterocycles. The summed E-state index contributed by atoms with van der Waals surface area (Å²) in [6.07, 6.45) is 0.440. The zero-order valence-corrected chi connectivity index (χ0v) is 14.6. The fourth-order valence-electron chi connectivity index (χ4n) is 2.11. The van der Waals surface area contributed by atoms with Crippen molar-refractivity contribution in [3.8, 4) is 0 Å². The first kappa shape index (κ1) is 19.0. The van der Waals surface area contributed by atoms with Gasteiger partial charge in [-0.25, -0.2) is 9.59 Å². The van der Waals surface area contributed by atoms with Gasteiger partial charge in [-0.15, -0.1) is 0 Å². The molecule has 2 aromatic rings. The van der Waals surface area contributed by atoms with Crippen molar-refractivity contribution in [1.82, 2.24) is 10.6 Å². The maximum Gasteiger partial charge on any atom is 0.341 e. The molecule has 0 radical (unpaired) electrons. The van der Waals surface area contributed by atoms with Crippen molar-refractivity contribution in [2.24, 2.45) is 0 Å². The Hall–Kier alpha value is -3.29. The zero-order valence-electron chi connectivity index (χ0n) is 14.6. The van der Waals surface area contributed by atoms with Gasteiger partial charge in [0.1, 0.15) is 5.76 Å². The molecule has 0 aliphatic heterocycles. The fourth-order valence-corrected chi connectivity index (χ4v) is 2.11. The van der Waals surface area contributed by atoms with E-state index in [0.717, 1.165) is 0 Å². The lowest BCUT2D eigenvalue weighted by Crippen LogP contribution is -2.44. The lowest BCUT2D eigenvalue weighted by molar-refractivity contribution is -0.127. The number of urea groups is 1. The number of para-hydroxylation sites is 1. The third-order valence-corrected chi connectivity index (χ3v) is 3.41. The van der Waals surface area contributed by atoms with Crippen LogP contribution in [-0.4, -0.2) is 30.6 Å². The summed E-state index contributed by atoms with van der Waals surface area (Å²) in [7, 11) is 0. The van der Waals surface area contributed by atoms with Gasteiger partial charge in [0.25, 0.3) is 5.91 Å². The van der Waals surface area contributed by atoms with Crippen molar-refractivity contribution >= 4 is 23.6 Å². The Morgan fingerprint density at radius 3 is 2.62 bits per heavy atom. The molecule has 1 aromatic heterocycles. The summed E-state index contributed by atoms with van der Waals surface area (Å²) in [6.45, 7) is 3.89. The number of ether oxygens (including phenoxy) is 1. The molecule has 1 aromatic carbocycles. The Bertz CT molecular complexity index is 758. The minimum absolute atomic E-state index is 0.275. The smallest absolute Gasteiger partial charge is 0.341 e. The van der Waals surface area contributed by atoms with Gasteiger partial charge in [0.2, 0.25) is 0 Å². The molecule has 0 aliphatic carbocycles. The summed E-state index contributed by atoms with van der Waals surface area (Å²) in [6, 6.07) is 9.70. The monoisotopic (exact) mass is 359 g/mol. The highest BCUT2D eigenvalue weighted by molar-refractivity contribution is 6.00. The predicted molar refractivity (Wildman–Crippen MR) is 94.6 cm³/mol. The van der Waals surface area contributed by atoms with Crippen molar-refractivity contribution in [3.05, 3.63) is 54.0 Å². The van der Waals surface area contributed by atoms with Gasteiger partial charge >= 0.3 is 12.0 Å². The standard InChI is InChI=1S/C18H21N3O5/c1-3-19-18(24)21-16(22)12(2)26-17(23)14-8-4-5-9-15(14)20-11-13-7-6-10-25-13/h4-10,12,20H,3,11H2,1-2H3,(H2,19,21,22,24). The molecule has 3 N–H and O–H groups in total. The number of nitrogens with one attached hydrogen (secondary N) is 3. The predicted octanol–water partition coefficient (Wildman–Crippen LogP) is 2.28. The van der Waals surface area contributed by atoms with Crippen molar-refractivity contribution in [1.29, 1.82) is 0 Å². The van der Waals surface area contributed by atoms with Crippen LogP contribution in [0.4, 0.5) is 10.5 Å². The minimum atomic E-state index is -1.12. The van der Waals surface area contributed by atoms with Crippen LogP contribution in [0.2, 0.25) is 0 Å². The minimum Gasteiger partial charge on any atom is -0.467 e. The molecule has 3 amide bonds. The summed E-state index contributed by atoms with van der Waals surface area (Å²) in [5, 5.41) is 7.62. The number of imide groups is 1. The van der Waals surface area contributed by atoms with Gasteiger partial charge in [-0.3, -0.25) is 10.1 Å². The molecule has 0 saturated heterocycles. The average Bonchev–Trinajstić information content (AvgIpc) is 3.13. The number of rotatable bonds is 7. The second-order valence-electron chi connectivity index (χ2n) is 5.37. The maximum absolute atomic E-state index is 12.4. The van der Waals surface area contributed by atoms with E-state index in [1.165, 1.54) is 6.92 Å². The van der Waals surface area contributed by atoms with Gasteiger partial charge in [-0.2, -0.15) is 0 Å². The molecule has 8 nitrogen and oxygen atoms in total. The van der Waals surface area contributed by atoms with Crippen LogP contribution >= 0.6 is 0 Å². The van der Waals surface area contributed by atoms with E-state index in [9.17, 15) is 14.4 Å². The quantitative estimate of drug-likeness (QED) is 0.654. The topological polar surface area (TPSA) is 110 Å². The summed E-state index contributed by atoms with van der Waals surface area (Å²) in [4.78, 5) is 35.6. The second-order valence-corrected chi connectivity index (χ2v) is 5.37. The third kappa shape index (κ3) is 5.37. The molecule has 8 heteroatoms. The van der Waals surface area contributed by atoms with Gasteiger partial charge in [0.15, 0.2) is 6.10 Å². The number of furan rings is 1. The molecule has 0 fully saturated rings. The number of esters is 1. The molecule has 1 unspecified atom stereocenters. The van der Waals surface area contributed by atoms with Gasteiger partial charge < -0.3 is 19.8 Å². The number of amides is 3. The highest BCUT2D eigenvalue weighted by atomic mass is 16.5. The Balaban J connectivity index is 1.98. The Kier molecular flexibility index (Phi) is 6.78. The molecular weight excluding hydrogens is 338 g/mol. The van der Waals surface area contributed by atoms with E-state index < -0.39 is 24.0 Å². The van der Waals surface area contributed by atoms with Crippen molar-refractivity contribution in [2.75, 3.05) is 11.9 Å². The number of hydrogen-bond acceptors (Lipinski definition) is 6. The van der Waals surface area contributed by atoms with Crippen molar-refractivity contribution < 1.29 is 23.5 Å². The molecule has 0 saturated carbocycles. The number of benzene rings is 1. The molecule has 2 rings (SSSR count). The number of hydrogen-bond donors (Lipinski definition) is 3. The number of carbonyl (C=O) groups is 3. The van der Waals surface area contributed by atoms with E-state index in [-0.39, 0.29) is 5.56 Å². The summed E-state index contributed by atoms with van der Waals surface area (Å²) < 4.78 is 10.4. The summed E-state index contributed by atoms with van der Waals surface area (Å²) in [5.74, 6) is -0.667. The summed E-state index contributed by atoms with van der Waals surface area (Å²) in [5.41, 5.74) is 0.821. The first-order valence-corrected chi connectivity index (χ1v) is 8.16. The Labute approximate surface area is 150 Å². The molecule has 0 spiro atoms. The van der Waals surface area contributed by atoms with Crippen LogP contribution in [0.25, 0.3) is 0 Å². The first-order valence-electron chi connectivity index (χ1n) is 8.16. The second kappa shape index (κ2) is 9.26. The molecule has 138 valence electrons. The van der Waals surface area contributed by atoms with Gasteiger partial charge in [-0.1, -0.05) is 12.1 Å².